The van der Waals surface area contributed by atoms with Gasteiger partial charge in [-0.05, 0) is 19.1 Å². The molecule has 8 heteroatoms. The van der Waals surface area contributed by atoms with Crippen LogP contribution >= 0.6 is 0 Å². The Labute approximate surface area is 142 Å². The second-order valence-electron chi connectivity index (χ2n) is 5.93. The summed E-state index contributed by atoms with van der Waals surface area (Å²) in [4.78, 5) is 8.37. The van der Waals surface area contributed by atoms with Gasteiger partial charge in [0, 0.05) is 31.4 Å². The van der Waals surface area contributed by atoms with Crippen LogP contribution in [0.3, 0.4) is 0 Å². The number of nitrogens with zero attached hydrogens (tertiary/aromatic N) is 4. The molecule has 3 rings (SSSR count). The molecule has 0 aromatic carbocycles. The van der Waals surface area contributed by atoms with Crippen LogP contribution in [0, 0.1) is 5.92 Å². The maximum atomic E-state index is 12.3. The number of imidazole rings is 1. The fourth-order valence-corrected chi connectivity index (χ4v) is 3.96. The first-order valence-electron chi connectivity index (χ1n) is 8.03. The van der Waals surface area contributed by atoms with E-state index in [4.69, 9.17) is 4.74 Å². The highest BCUT2D eigenvalue weighted by Crippen LogP contribution is 2.19. The third-order valence-electron chi connectivity index (χ3n) is 4.14. The smallest absolute Gasteiger partial charge is 0.214 e. The van der Waals surface area contributed by atoms with Crippen molar-refractivity contribution in [2.75, 3.05) is 18.9 Å². The summed E-state index contributed by atoms with van der Waals surface area (Å²) < 4.78 is 34.0. The molecule has 0 spiro atoms. The van der Waals surface area contributed by atoms with Crippen molar-refractivity contribution in [3.63, 3.8) is 0 Å². The van der Waals surface area contributed by atoms with Gasteiger partial charge >= 0.3 is 0 Å². The average molecular weight is 350 g/mol. The second kappa shape index (κ2) is 7.42. The molecule has 24 heavy (non-hydrogen) atoms. The number of rotatable bonds is 6. The van der Waals surface area contributed by atoms with Crippen LogP contribution in [0.15, 0.2) is 36.9 Å². The second-order valence-corrected chi connectivity index (χ2v) is 8.19. The first-order chi connectivity index (χ1) is 11.6. The molecule has 0 aliphatic carbocycles. The van der Waals surface area contributed by atoms with Crippen LogP contribution in [0.2, 0.25) is 0 Å². The van der Waals surface area contributed by atoms with Gasteiger partial charge in [-0.15, -0.1) is 0 Å². The normalized spacial score (nSPS) is 19.0. The Morgan fingerprint density at radius 3 is 2.96 bits per heavy atom. The highest BCUT2D eigenvalue weighted by Gasteiger charge is 2.28. The lowest BCUT2D eigenvalue weighted by molar-refractivity contribution is 0.0746. The molecule has 3 heterocycles. The molecule has 0 saturated heterocycles. The van der Waals surface area contributed by atoms with Crippen LogP contribution in [0.25, 0.3) is 0 Å². The summed E-state index contributed by atoms with van der Waals surface area (Å²) in [5.74, 6) is 0.174. The quantitative estimate of drug-likeness (QED) is 0.784. The molecule has 1 atom stereocenters. The maximum Gasteiger partial charge on any atom is 0.214 e. The number of hydrogen-bond donors (Lipinski definition) is 0. The number of sulfonamides is 1. The van der Waals surface area contributed by atoms with Crippen molar-refractivity contribution in [3.8, 4) is 0 Å². The standard InChI is InChI=1S/C16H22N4O3S/c1-2-24(21,22)20-9-14(8-19-13-17-7-16(19)10-20)11-23-12-15-5-3-4-6-18-15/h3-7,13-14H,2,8-12H2,1H3/t14-/m0/s1. The van der Waals surface area contributed by atoms with Gasteiger partial charge in [0.15, 0.2) is 0 Å². The van der Waals surface area contributed by atoms with E-state index >= 15 is 0 Å². The molecule has 0 radical (unpaired) electrons. The third-order valence-corrected chi connectivity index (χ3v) is 5.94. The zero-order valence-electron chi connectivity index (χ0n) is 13.7. The van der Waals surface area contributed by atoms with E-state index in [-0.39, 0.29) is 11.7 Å². The minimum atomic E-state index is -3.25. The molecule has 0 fully saturated rings. The minimum Gasteiger partial charge on any atom is -0.375 e. The van der Waals surface area contributed by atoms with Crippen LogP contribution in [0.5, 0.6) is 0 Å². The van der Waals surface area contributed by atoms with Crippen molar-refractivity contribution in [2.45, 2.75) is 26.6 Å². The van der Waals surface area contributed by atoms with Crippen molar-refractivity contribution in [2.24, 2.45) is 5.92 Å². The Morgan fingerprint density at radius 1 is 1.33 bits per heavy atom. The lowest BCUT2D eigenvalue weighted by atomic mass is 10.1. The van der Waals surface area contributed by atoms with E-state index in [0.717, 1.165) is 11.4 Å². The van der Waals surface area contributed by atoms with Crippen molar-refractivity contribution in [3.05, 3.63) is 48.3 Å². The van der Waals surface area contributed by atoms with E-state index in [1.54, 1.807) is 29.9 Å². The summed E-state index contributed by atoms with van der Waals surface area (Å²) in [6, 6.07) is 5.70. The van der Waals surface area contributed by atoms with E-state index in [0.29, 0.717) is 32.8 Å². The van der Waals surface area contributed by atoms with Crippen LogP contribution < -0.4 is 0 Å². The molecule has 2 aromatic rings. The molecule has 2 aromatic heterocycles. The summed E-state index contributed by atoms with van der Waals surface area (Å²) in [6.45, 7) is 4.10. The fraction of sp³-hybridized carbons (Fsp3) is 0.500. The third kappa shape index (κ3) is 4.00. The molecule has 0 bridgehead atoms. The van der Waals surface area contributed by atoms with E-state index in [2.05, 4.69) is 9.97 Å². The van der Waals surface area contributed by atoms with Crippen LogP contribution in [0.4, 0.5) is 0 Å². The SMILES string of the molecule is CCS(=O)(=O)N1Cc2cncn2C[C@H](COCc2ccccn2)C1. The largest absolute Gasteiger partial charge is 0.375 e. The highest BCUT2D eigenvalue weighted by molar-refractivity contribution is 7.89. The topological polar surface area (TPSA) is 77.3 Å². The zero-order chi connectivity index (χ0) is 17.0. The molecule has 0 unspecified atom stereocenters. The Kier molecular flexibility index (Phi) is 5.27. The average Bonchev–Trinajstić information content (AvgIpc) is 2.94. The van der Waals surface area contributed by atoms with Gasteiger partial charge in [0.25, 0.3) is 0 Å². The first-order valence-corrected chi connectivity index (χ1v) is 9.64. The Balaban J connectivity index is 1.68. The Morgan fingerprint density at radius 2 is 2.21 bits per heavy atom. The molecule has 130 valence electrons. The van der Waals surface area contributed by atoms with Crippen molar-refractivity contribution in [1.82, 2.24) is 18.8 Å². The molecule has 0 saturated carbocycles. The van der Waals surface area contributed by atoms with E-state index in [9.17, 15) is 8.42 Å². The zero-order valence-corrected chi connectivity index (χ0v) is 14.5. The Bertz CT molecular complexity index is 761. The highest BCUT2D eigenvalue weighted by atomic mass is 32.2. The van der Waals surface area contributed by atoms with E-state index in [1.807, 2.05) is 22.8 Å². The maximum absolute atomic E-state index is 12.3. The summed E-state index contributed by atoms with van der Waals surface area (Å²) in [7, 11) is -3.25. The van der Waals surface area contributed by atoms with Gasteiger partial charge in [0.05, 0.1) is 43.2 Å². The van der Waals surface area contributed by atoms with Crippen LogP contribution in [-0.2, 0) is 34.5 Å². The van der Waals surface area contributed by atoms with Crippen molar-refractivity contribution >= 4 is 10.0 Å². The van der Waals surface area contributed by atoms with Crippen LogP contribution in [-0.4, -0.2) is 46.2 Å². The lowest BCUT2D eigenvalue weighted by Crippen LogP contribution is -2.36. The van der Waals surface area contributed by atoms with Gasteiger partial charge in [-0.25, -0.2) is 13.4 Å². The summed E-state index contributed by atoms with van der Waals surface area (Å²) in [6.07, 6.45) is 5.22. The number of pyridine rings is 1. The number of fused-ring (bicyclic) bond motifs is 1. The molecule has 7 nitrogen and oxygen atoms in total. The predicted molar refractivity (Wildman–Crippen MR) is 89.5 cm³/mol. The van der Waals surface area contributed by atoms with Gasteiger partial charge in [-0.2, -0.15) is 4.31 Å². The van der Waals surface area contributed by atoms with Gasteiger partial charge in [0.1, 0.15) is 0 Å². The van der Waals surface area contributed by atoms with Crippen LogP contribution in [0.1, 0.15) is 18.3 Å². The van der Waals surface area contributed by atoms with Crippen molar-refractivity contribution < 1.29 is 13.2 Å². The summed E-state index contributed by atoms with van der Waals surface area (Å²) in [5.41, 5.74) is 1.78. The van der Waals surface area contributed by atoms with Gasteiger partial charge in [-0.3, -0.25) is 4.98 Å². The summed E-state index contributed by atoms with van der Waals surface area (Å²) >= 11 is 0. The predicted octanol–water partition coefficient (Wildman–Crippen LogP) is 1.28. The monoisotopic (exact) mass is 350 g/mol. The first kappa shape index (κ1) is 17.1. The molecular weight excluding hydrogens is 328 g/mol. The molecule has 1 aliphatic rings. The van der Waals surface area contributed by atoms with Crippen molar-refractivity contribution in [1.29, 1.82) is 0 Å². The molecule has 0 N–H and O–H groups in total. The number of hydrogen-bond acceptors (Lipinski definition) is 5. The van der Waals surface area contributed by atoms with Gasteiger partial charge < -0.3 is 9.30 Å². The Hall–Kier alpha value is -1.77. The summed E-state index contributed by atoms with van der Waals surface area (Å²) in [5, 5.41) is 0. The van der Waals surface area contributed by atoms with E-state index in [1.165, 1.54) is 0 Å². The molecular formula is C16H22N4O3S. The fourth-order valence-electron chi connectivity index (χ4n) is 2.83. The number of aromatic nitrogens is 3. The lowest BCUT2D eigenvalue weighted by Gasteiger charge is -2.23. The van der Waals surface area contributed by atoms with E-state index < -0.39 is 10.0 Å². The molecule has 0 amide bonds. The number of ether oxygens (including phenoxy) is 1. The molecule has 1 aliphatic heterocycles. The van der Waals surface area contributed by atoms with Gasteiger partial charge in [-0.1, -0.05) is 6.07 Å². The minimum absolute atomic E-state index is 0.0745. The van der Waals surface area contributed by atoms with Gasteiger partial charge in [0.2, 0.25) is 10.0 Å².